The maximum absolute atomic E-state index is 11.8. The Morgan fingerprint density at radius 1 is 1.60 bits per heavy atom. The van der Waals surface area contributed by atoms with Gasteiger partial charge in [-0.2, -0.15) is 0 Å². The summed E-state index contributed by atoms with van der Waals surface area (Å²) in [7, 11) is 0. The number of carboxylic acid groups (broad SMARTS) is 1. The van der Waals surface area contributed by atoms with Crippen molar-refractivity contribution < 1.29 is 19.4 Å². The molecule has 1 heterocycles. The Morgan fingerprint density at radius 2 is 2.20 bits per heavy atom. The summed E-state index contributed by atoms with van der Waals surface area (Å²) >= 11 is 0. The molecule has 1 saturated heterocycles. The fourth-order valence-corrected chi connectivity index (χ4v) is 1.99. The number of ether oxygens (including phenoxy) is 1. The van der Waals surface area contributed by atoms with Crippen LogP contribution in [-0.2, 0) is 9.53 Å². The highest BCUT2D eigenvalue weighted by atomic mass is 16.5. The Balaban J connectivity index is 2.94. The van der Waals surface area contributed by atoms with E-state index in [-0.39, 0.29) is 12.5 Å². The van der Waals surface area contributed by atoms with E-state index in [1.165, 1.54) is 4.90 Å². The molecule has 2 atom stereocenters. The fraction of sp³-hybridized carbons (Fsp3) is 0.800. The summed E-state index contributed by atoms with van der Waals surface area (Å²) in [5.41, 5.74) is -1.03. The number of carbonyl (C=O) groups excluding carboxylic acids is 1. The van der Waals surface area contributed by atoms with Crippen molar-refractivity contribution in [3.8, 4) is 0 Å². The molecule has 1 fully saturated rings. The predicted molar refractivity (Wildman–Crippen MR) is 53.5 cm³/mol. The van der Waals surface area contributed by atoms with Crippen LogP contribution >= 0.6 is 0 Å². The van der Waals surface area contributed by atoms with Crippen LogP contribution < -0.4 is 0 Å². The van der Waals surface area contributed by atoms with Gasteiger partial charge < -0.3 is 9.84 Å². The molecule has 1 N–H and O–H groups in total. The minimum atomic E-state index is -1.06. The van der Waals surface area contributed by atoms with Crippen LogP contribution in [0.25, 0.3) is 0 Å². The molecule has 0 aromatic heterocycles. The van der Waals surface area contributed by atoms with Crippen molar-refractivity contribution >= 4 is 12.1 Å². The first kappa shape index (κ1) is 11.8. The maximum atomic E-state index is 11.8. The van der Waals surface area contributed by atoms with Crippen LogP contribution in [0.4, 0.5) is 4.79 Å². The summed E-state index contributed by atoms with van der Waals surface area (Å²) in [6, 6.07) is 0. The first-order valence-corrected chi connectivity index (χ1v) is 5.12. The number of hydrogen-bond donors (Lipinski definition) is 1. The molecule has 0 aromatic rings. The quantitative estimate of drug-likeness (QED) is 0.705. The van der Waals surface area contributed by atoms with Gasteiger partial charge in [0, 0.05) is 6.54 Å². The van der Waals surface area contributed by atoms with E-state index in [9.17, 15) is 9.59 Å². The van der Waals surface area contributed by atoms with Gasteiger partial charge >= 0.3 is 12.1 Å². The minimum absolute atomic E-state index is 0.00681. The Hall–Kier alpha value is -1.26. The highest BCUT2D eigenvalue weighted by Gasteiger charge is 2.52. The molecule has 0 saturated carbocycles. The minimum Gasteiger partial charge on any atom is -0.465 e. The molecule has 1 aliphatic heterocycles. The van der Waals surface area contributed by atoms with E-state index in [0.717, 1.165) is 0 Å². The van der Waals surface area contributed by atoms with Crippen LogP contribution in [0.1, 0.15) is 27.2 Å². The van der Waals surface area contributed by atoms with Crippen molar-refractivity contribution in [1.29, 1.82) is 0 Å². The molecule has 5 nitrogen and oxygen atoms in total. The van der Waals surface area contributed by atoms with Gasteiger partial charge in [-0.25, -0.2) is 9.59 Å². The van der Waals surface area contributed by atoms with Crippen molar-refractivity contribution in [2.24, 2.45) is 5.92 Å². The molecule has 0 spiro atoms. The summed E-state index contributed by atoms with van der Waals surface area (Å²) in [5, 5.41) is 9.00. The average molecular weight is 215 g/mol. The van der Waals surface area contributed by atoms with E-state index in [1.807, 2.05) is 6.92 Å². The third-order valence-corrected chi connectivity index (χ3v) is 3.23. The molecular weight excluding hydrogens is 198 g/mol. The van der Waals surface area contributed by atoms with Gasteiger partial charge in [-0.15, -0.1) is 0 Å². The molecule has 5 heteroatoms. The van der Waals surface area contributed by atoms with Crippen LogP contribution in [-0.4, -0.2) is 40.8 Å². The van der Waals surface area contributed by atoms with Crippen molar-refractivity contribution in [2.75, 3.05) is 13.2 Å². The Morgan fingerprint density at radius 3 is 2.67 bits per heavy atom. The lowest BCUT2D eigenvalue weighted by atomic mass is 9.88. The monoisotopic (exact) mass is 215 g/mol. The van der Waals surface area contributed by atoms with E-state index in [0.29, 0.717) is 13.0 Å². The number of carbonyl (C=O) groups is 2. The Labute approximate surface area is 89.0 Å². The summed E-state index contributed by atoms with van der Waals surface area (Å²) in [5.74, 6) is -0.454. The summed E-state index contributed by atoms with van der Waals surface area (Å²) in [6.45, 7) is 5.89. The summed E-state index contributed by atoms with van der Waals surface area (Å²) < 4.78 is 4.94. The second kappa shape index (κ2) is 4.08. The average Bonchev–Trinajstić information content (AvgIpc) is 2.45. The lowest BCUT2D eigenvalue weighted by molar-refractivity contribution is -0.156. The number of esters is 1. The zero-order valence-corrected chi connectivity index (χ0v) is 9.32. The Bertz CT molecular complexity index is 279. The molecule has 0 aromatic carbocycles. The lowest BCUT2D eigenvalue weighted by Gasteiger charge is -2.33. The fourth-order valence-electron chi connectivity index (χ4n) is 1.99. The third kappa shape index (κ3) is 1.78. The van der Waals surface area contributed by atoms with E-state index < -0.39 is 17.6 Å². The number of hydrogen-bond acceptors (Lipinski definition) is 3. The number of amides is 1. The molecular formula is C10H17NO4. The molecule has 2 unspecified atom stereocenters. The normalized spacial score (nSPS) is 30.3. The van der Waals surface area contributed by atoms with Gasteiger partial charge in [0.1, 0.15) is 5.54 Å². The smallest absolute Gasteiger partial charge is 0.408 e. The van der Waals surface area contributed by atoms with Gasteiger partial charge in [-0.05, 0) is 26.2 Å². The van der Waals surface area contributed by atoms with Crippen molar-refractivity contribution in [1.82, 2.24) is 4.90 Å². The van der Waals surface area contributed by atoms with Gasteiger partial charge in [-0.1, -0.05) is 6.92 Å². The molecule has 86 valence electrons. The highest BCUT2D eigenvalue weighted by molar-refractivity contribution is 5.86. The van der Waals surface area contributed by atoms with Gasteiger partial charge in [0.05, 0.1) is 6.61 Å². The third-order valence-electron chi connectivity index (χ3n) is 3.23. The molecule has 0 radical (unpaired) electrons. The number of likely N-dealkylation sites (tertiary alicyclic amines) is 1. The van der Waals surface area contributed by atoms with Crippen molar-refractivity contribution in [3.63, 3.8) is 0 Å². The predicted octanol–water partition coefficient (Wildman–Crippen LogP) is 1.33. The zero-order valence-electron chi connectivity index (χ0n) is 9.32. The topological polar surface area (TPSA) is 66.8 Å². The van der Waals surface area contributed by atoms with Gasteiger partial charge in [-0.3, -0.25) is 4.90 Å². The van der Waals surface area contributed by atoms with Crippen LogP contribution in [0.5, 0.6) is 0 Å². The van der Waals surface area contributed by atoms with Crippen molar-refractivity contribution in [2.45, 2.75) is 32.7 Å². The van der Waals surface area contributed by atoms with E-state index >= 15 is 0 Å². The molecule has 1 aliphatic rings. The Kier molecular flexibility index (Phi) is 3.21. The van der Waals surface area contributed by atoms with Crippen LogP contribution in [0.15, 0.2) is 0 Å². The van der Waals surface area contributed by atoms with Gasteiger partial charge in [0.25, 0.3) is 0 Å². The van der Waals surface area contributed by atoms with E-state index in [2.05, 4.69) is 0 Å². The summed E-state index contributed by atoms with van der Waals surface area (Å²) in [4.78, 5) is 23.9. The highest BCUT2D eigenvalue weighted by Crippen LogP contribution is 2.35. The lowest BCUT2D eigenvalue weighted by Crippen LogP contribution is -2.54. The zero-order chi connectivity index (χ0) is 11.6. The van der Waals surface area contributed by atoms with Crippen LogP contribution in [0.2, 0.25) is 0 Å². The second-order valence-corrected chi connectivity index (χ2v) is 3.99. The number of nitrogens with zero attached hydrogens (tertiary/aromatic N) is 1. The van der Waals surface area contributed by atoms with E-state index in [4.69, 9.17) is 9.84 Å². The molecule has 15 heavy (non-hydrogen) atoms. The molecule has 0 bridgehead atoms. The van der Waals surface area contributed by atoms with Gasteiger partial charge in [0.15, 0.2) is 0 Å². The molecule has 1 amide bonds. The van der Waals surface area contributed by atoms with Crippen LogP contribution in [0.3, 0.4) is 0 Å². The molecule has 0 aliphatic carbocycles. The number of rotatable bonds is 2. The first-order chi connectivity index (χ1) is 6.94. The SMILES string of the molecule is CCOC(=O)C1(C)C(C)CCN1C(=O)O. The van der Waals surface area contributed by atoms with Crippen molar-refractivity contribution in [3.05, 3.63) is 0 Å². The van der Waals surface area contributed by atoms with E-state index in [1.54, 1.807) is 13.8 Å². The van der Waals surface area contributed by atoms with Crippen LogP contribution in [0, 0.1) is 5.92 Å². The maximum Gasteiger partial charge on any atom is 0.408 e. The molecule has 1 rings (SSSR count). The second-order valence-electron chi connectivity index (χ2n) is 3.99. The first-order valence-electron chi connectivity index (χ1n) is 5.12. The summed E-state index contributed by atoms with van der Waals surface area (Å²) in [6.07, 6.45) is -0.364. The van der Waals surface area contributed by atoms with Gasteiger partial charge in [0.2, 0.25) is 0 Å². The largest absolute Gasteiger partial charge is 0.465 e. The standard InChI is InChI=1S/C10H17NO4/c1-4-15-8(12)10(3)7(2)5-6-11(10)9(13)14/h7H,4-6H2,1-3H3,(H,13,14).